The minimum Gasteiger partial charge on any atom is -0.314 e. The quantitative estimate of drug-likeness (QED) is 0.811. The van der Waals surface area contributed by atoms with E-state index in [1.807, 2.05) is 24.3 Å². The summed E-state index contributed by atoms with van der Waals surface area (Å²) in [5.74, 6) is 0. The maximum Gasteiger partial charge on any atom is 0.115 e. The van der Waals surface area contributed by atoms with E-state index in [-0.39, 0.29) is 6.67 Å². The van der Waals surface area contributed by atoms with E-state index in [0.29, 0.717) is 0 Å². The van der Waals surface area contributed by atoms with Crippen LogP contribution in [-0.4, -0.2) is 31.1 Å². The van der Waals surface area contributed by atoms with Crippen LogP contribution in [-0.2, 0) is 13.2 Å². The molecule has 0 atom stereocenters. The molecule has 0 amide bonds. The van der Waals surface area contributed by atoms with Gasteiger partial charge in [-0.2, -0.15) is 0 Å². The van der Waals surface area contributed by atoms with E-state index in [9.17, 15) is 4.39 Å². The number of alkyl halides is 1. The van der Waals surface area contributed by atoms with Crippen LogP contribution >= 0.6 is 0 Å². The van der Waals surface area contributed by atoms with Crippen LogP contribution < -0.4 is 5.32 Å². The van der Waals surface area contributed by atoms with E-state index in [1.54, 1.807) is 0 Å². The van der Waals surface area contributed by atoms with E-state index in [0.717, 1.165) is 38.3 Å². The van der Waals surface area contributed by atoms with Crippen molar-refractivity contribution in [3.8, 4) is 0 Å². The highest BCUT2D eigenvalue weighted by Gasteiger charge is 2.09. The van der Waals surface area contributed by atoms with Gasteiger partial charge < -0.3 is 5.32 Å². The van der Waals surface area contributed by atoms with Crippen molar-refractivity contribution >= 4 is 0 Å². The molecular weight excluding hydrogens is 191 g/mol. The first kappa shape index (κ1) is 10.6. The molecule has 1 aromatic carbocycles. The van der Waals surface area contributed by atoms with Crippen molar-refractivity contribution in [3.63, 3.8) is 0 Å². The van der Waals surface area contributed by atoms with Crippen molar-refractivity contribution < 1.29 is 4.39 Å². The van der Waals surface area contributed by atoms with Crippen LogP contribution in [0.1, 0.15) is 11.1 Å². The zero-order valence-electron chi connectivity index (χ0n) is 8.88. The highest BCUT2D eigenvalue weighted by Crippen LogP contribution is 2.08. The van der Waals surface area contributed by atoms with Gasteiger partial charge in [0, 0.05) is 32.7 Å². The largest absolute Gasteiger partial charge is 0.314 e. The minimum atomic E-state index is -0.367. The molecule has 1 saturated heterocycles. The zero-order valence-corrected chi connectivity index (χ0v) is 8.88. The molecule has 1 fully saturated rings. The first-order valence-electron chi connectivity index (χ1n) is 5.45. The van der Waals surface area contributed by atoms with E-state index in [4.69, 9.17) is 0 Å². The molecular formula is C12H17FN2. The van der Waals surface area contributed by atoms with Crippen LogP contribution in [0.3, 0.4) is 0 Å². The van der Waals surface area contributed by atoms with Gasteiger partial charge in [-0.1, -0.05) is 24.3 Å². The molecule has 1 aliphatic rings. The van der Waals surface area contributed by atoms with Gasteiger partial charge in [0.2, 0.25) is 0 Å². The Hall–Kier alpha value is -0.930. The molecule has 2 rings (SSSR count). The fourth-order valence-corrected chi connectivity index (χ4v) is 1.86. The van der Waals surface area contributed by atoms with Crippen molar-refractivity contribution in [1.29, 1.82) is 0 Å². The number of rotatable bonds is 3. The Bertz CT molecular complexity index is 291. The fourth-order valence-electron chi connectivity index (χ4n) is 1.86. The zero-order chi connectivity index (χ0) is 10.5. The molecule has 2 nitrogen and oxygen atoms in total. The Kier molecular flexibility index (Phi) is 3.69. The summed E-state index contributed by atoms with van der Waals surface area (Å²) in [6.45, 7) is 4.96. The third kappa shape index (κ3) is 3.01. The molecule has 0 bridgehead atoms. The SMILES string of the molecule is FCc1ccc(CN2CCNCC2)cc1. The standard InChI is InChI=1S/C12H17FN2/c13-9-11-1-3-12(4-2-11)10-15-7-5-14-6-8-15/h1-4,14H,5-10H2. The molecule has 0 spiro atoms. The lowest BCUT2D eigenvalue weighted by molar-refractivity contribution is 0.233. The molecule has 0 saturated carbocycles. The number of nitrogens with zero attached hydrogens (tertiary/aromatic N) is 1. The molecule has 1 aromatic rings. The number of hydrogen-bond acceptors (Lipinski definition) is 2. The Balaban J connectivity index is 1.91. The topological polar surface area (TPSA) is 15.3 Å². The lowest BCUT2D eigenvalue weighted by Crippen LogP contribution is -2.42. The average molecular weight is 208 g/mol. The summed E-state index contributed by atoms with van der Waals surface area (Å²) in [7, 11) is 0. The Morgan fingerprint density at radius 2 is 1.67 bits per heavy atom. The summed E-state index contributed by atoms with van der Waals surface area (Å²) in [5.41, 5.74) is 2.04. The summed E-state index contributed by atoms with van der Waals surface area (Å²) in [6.07, 6.45) is 0. The molecule has 0 aromatic heterocycles. The highest BCUT2D eigenvalue weighted by atomic mass is 19.1. The molecule has 0 radical (unpaired) electrons. The molecule has 1 aliphatic heterocycles. The minimum absolute atomic E-state index is 0.367. The molecule has 3 heteroatoms. The highest BCUT2D eigenvalue weighted by molar-refractivity contribution is 5.21. The van der Waals surface area contributed by atoms with E-state index in [1.165, 1.54) is 5.56 Å². The van der Waals surface area contributed by atoms with Gasteiger partial charge in [0.1, 0.15) is 6.67 Å². The van der Waals surface area contributed by atoms with Crippen molar-refractivity contribution in [1.82, 2.24) is 10.2 Å². The van der Waals surface area contributed by atoms with Gasteiger partial charge in [-0.25, -0.2) is 4.39 Å². The lowest BCUT2D eigenvalue weighted by atomic mass is 10.1. The number of nitrogens with one attached hydrogen (secondary N) is 1. The van der Waals surface area contributed by atoms with Crippen molar-refractivity contribution in [3.05, 3.63) is 35.4 Å². The number of piperazine rings is 1. The third-order valence-electron chi connectivity index (χ3n) is 2.79. The van der Waals surface area contributed by atoms with E-state index in [2.05, 4.69) is 10.2 Å². The summed E-state index contributed by atoms with van der Waals surface area (Å²) < 4.78 is 12.3. The predicted molar refractivity (Wildman–Crippen MR) is 59.4 cm³/mol. The van der Waals surface area contributed by atoms with Gasteiger partial charge in [0.05, 0.1) is 0 Å². The Labute approximate surface area is 90.1 Å². The monoisotopic (exact) mass is 208 g/mol. The Morgan fingerprint density at radius 3 is 2.27 bits per heavy atom. The summed E-state index contributed by atoms with van der Waals surface area (Å²) in [6, 6.07) is 7.79. The molecule has 82 valence electrons. The molecule has 15 heavy (non-hydrogen) atoms. The first-order valence-corrected chi connectivity index (χ1v) is 5.45. The normalized spacial score (nSPS) is 17.9. The number of benzene rings is 1. The van der Waals surface area contributed by atoms with Gasteiger partial charge in [0.15, 0.2) is 0 Å². The van der Waals surface area contributed by atoms with Gasteiger partial charge in [-0.15, -0.1) is 0 Å². The maximum atomic E-state index is 12.3. The van der Waals surface area contributed by atoms with Crippen LogP contribution in [0.2, 0.25) is 0 Å². The van der Waals surface area contributed by atoms with Crippen molar-refractivity contribution in [2.24, 2.45) is 0 Å². The van der Waals surface area contributed by atoms with E-state index < -0.39 is 0 Å². The van der Waals surface area contributed by atoms with Crippen molar-refractivity contribution in [2.45, 2.75) is 13.2 Å². The van der Waals surface area contributed by atoms with Gasteiger partial charge in [0.25, 0.3) is 0 Å². The summed E-state index contributed by atoms with van der Waals surface area (Å²) in [5, 5.41) is 3.33. The van der Waals surface area contributed by atoms with Crippen LogP contribution in [0.4, 0.5) is 4.39 Å². The third-order valence-corrected chi connectivity index (χ3v) is 2.79. The second-order valence-electron chi connectivity index (χ2n) is 3.98. The van der Waals surface area contributed by atoms with E-state index >= 15 is 0 Å². The Morgan fingerprint density at radius 1 is 1.07 bits per heavy atom. The molecule has 0 unspecified atom stereocenters. The van der Waals surface area contributed by atoms with Gasteiger partial charge >= 0.3 is 0 Å². The smallest absolute Gasteiger partial charge is 0.115 e. The van der Waals surface area contributed by atoms with Gasteiger partial charge in [-0.3, -0.25) is 4.90 Å². The van der Waals surface area contributed by atoms with Crippen LogP contribution in [0.25, 0.3) is 0 Å². The molecule has 1 heterocycles. The molecule has 0 aliphatic carbocycles. The maximum absolute atomic E-state index is 12.3. The predicted octanol–water partition coefficient (Wildman–Crippen LogP) is 1.56. The number of halogens is 1. The number of hydrogen-bond donors (Lipinski definition) is 1. The first-order chi connectivity index (χ1) is 7.38. The second-order valence-corrected chi connectivity index (χ2v) is 3.98. The molecule has 1 N–H and O–H groups in total. The fraction of sp³-hybridized carbons (Fsp3) is 0.500. The lowest BCUT2D eigenvalue weighted by Gasteiger charge is -2.27. The van der Waals surface area contributed by atoms with Gasteiger partial charge in [-0.05, 0) is 11.1 Å². The average Bonchev–Trinajstić information content (AvgIpc) is 2.31. The summed E-state index contributed by atoms with van der Waals surface area (Å²) in [4.78, 5) is 2.42. The van der Waals surface area contributed by atoms with Crippen LogP contribution in [0.15, 0.2) is 24.3 Å². The second kappa shape index (κ2) is 5.24. The van der Waals surface area contributed by atoms with Crippen LogP contribution in [0.5, 0.6) is 0 Å². The van der Waals surface area contributed by atoms with Crippen LogP contribution in [0, 0.1) is 0 Å². The summed E-state index contributed by atoms with van der Waals surface area (Å²) >= 11 is 0. The van der Waals surface area contributed by atoms with Crippen molar-refractivity contribution in [2.75, 3.05) is 26.2 Å².